The fourth-order valence-corrected chi connectivity index (χ4v) is 3.36. The van der Waals surface area contributed by atoms with Crippen molar-refractivity contribution in [3.63, 3.8) is 0 Å². The van der Waals surface area contributed by atoms with E-state index in [4.69, 9.17) is 14.8 Å². The van der Waals surface area contributed by atoms with Gasteiger partial charge in [-0.05, 0) is 19.9 Å². The van der Waals surface area contributed by atoms with Crippen LogP contribution in [0.2, 0.25) is 0 Å². The Morgan fingerprint density at radius 1 is 1.35 bits per heavy atom. The molecule has 23 heavy (non-hydrogen) atoms. The summed E-state index contributed by atoms with van der Waals surface area (Å²) in [6.45, 7) is 4.11. The molecule has 0 amide bonds. The SMILES string of the molecule is CCOP(=O)(/C=C/C(O)Cn1cnc2c(N)ncnc21)OCC. The molecule has 0 aliphatic heterocycles. The van der Waals surface area contributed by atoms with Gasteiger partial charge in [-0.1, -0.05) is 0 Å². The van der Waals surface area contributed by atoms with Crippen molar-refractivity contribution in [2.24, 2.45) is 0 Å². The summed E-state index contributed by atoms with van der Waals surface area (Å²) in [5.74, 6) is 1.55. The van der Waals surface area contributed by atoms with Crippen LogP contribution in [0.1, 0.15) is 13.8 Å². The quantitative estimate of drug-likeness (QED) is 0.693. The topological polar surface area (TPSA) is 125 Å². The average molecular weight is 341 g/mol. The van der Waals surface area contributed by atoms with Crippen molar-refractivity contribution in [2.75, 3.05) is 18.9 Å². The molecule has 2 heterocycles. The summed E-state index contributed by atoms with van der Waals surface area (Å²) in [6.07, 6.45) is 3.30. The number of nitrogen functional groups attached to an aromatic ring is 1. The number of imidazole rings is 1. The number of aliphatic hydroxyl groups excluding tert-OH is 1. The third-order valence-electron chi connectivity index (χ3n) is 2.92. The number of aliphatic hydroxyl groups is 1. The van der Waals surface area contributed by atoms with Gasteiger partial charge < -0.3 is 24.5 Å². The van der Waals surface area contributed by atoms with Gasteiger partial charge in [0.05, 0.1) is 32.2 Å². The lowest BCUT2D eigenvalue weighted by Crippen LogP contribution is -2.13. The van der Waals surface area contributed by atoms with Crippen LogP contribution in [0.3, 0.4) is 0 Å². The first kappa shape index (κ1) is 17.6. The number of aromatic nitrogens is 4. The summed E-state index contributed by atoms with van der Waals surface area (Å²) in [4.78, 5) is 12.1. The summed E-state index contributed by atoms with van der Waals surface area (Å²) in [7, 11) is -3.33. The molecule has 2 aromatic heterocycles. The van der Waals surface area contributed by atoms with Crippen LogP contribution in [0.5, 0.6) is 0 Å². The van der Waals surface area contributed by atoms with E-state index in [0.717, 1.165) is 0 Å². The van der Waals surface area contributed by atoms with E-state index in [9.17, 15) is 9.67 Å². The first-order chi connectivity index (χ1) is 11.0. The second kappa shape index (κ2) is 7.65. The highest BCUT2D eigenvalue weighted by molar-refractivity contribution is 7.57. The van der Waals surface area contributed by atoms with Gasteiger partial charge in [-0.3, -0.25) is 4.57 Å². The van der Waals surface area contributed by atoms with Crippen molar-refractivity contribution in [1.82, 2.24) is 19.5 Å². The highest BCUT2D eigenvalue weighted by Gasteiger charge is 2.19. The number of hydrogen-bond acceptors (Lipinski definition) is 8. The molecule has 2 rings (SSSR count). The molecule has 126 valence electrons. The van der Waals surface area contributed by atoms with Crippen molar-refractivity contribution < 1.29 is 18.7 Å². The summed E-state index contributed by atoms with van der Waals surface area (Å²) in [5, 5.41) is 10.1. The minimum absolute atomic E-state index is 0.168. The zero-order chi connectivity index (χ0) is 16.9. The second-order valence-corrected chi connectivity index (χ2v) is 6.51. The van der Waals surface area contributed by atoms with E-state index >= 15 is 0 Å². The Kier molecular flexibility index (Phi) is 5.84. The van der Waals surface area contributed by atoms with Gasteiger partial charge in [0.25, 0.3) is 0 Å². The Morgan fingerprint density at radius 2 is 2.04 bits per heavy atom. The highest BCUT2D eigenvalue weighted by Crippen LogP contribution is 2.49. The van der Waals surface area contributed by atoms with Gasteiger partial charge in [0.2, 0.25) is 0 Å². The van der Waals surface area contributed by atoms with E-state index in [-0.39, 0.29) is 25.6 Å². The first-order valence-corrected chi connectivity index (χ1v) is 8.77. The Balaban J connectivity index is 2.11. The molecule has 2 aromatic rings. The maximum atomic E-state index is 12.3. The maximum Gasteiger partial charge on any atom is 0.353 e. The van der Waals surface area contributed by atoms with Crippen LogP contribution in [0.15, 0.2) is 24.5 Å². The molecule has 3 N–H and O–H groups in total. The largest absolute Gasteiger partial charge is 0.387 e. The normalized spacial score (nSPS) is 13.9. The Bertz CT molecular complexity index is 722. The maximum absolute atomic E-state index is 12.3. The molecule has 0 aliphatic carbocycles. The van der Waals surface area contributed by atoms with E-state index in [1.54, 1.807) is 18.4 Å². The van der Waals surface area contributed by atoms with Crippen LogP contribution < -0.4 is 5.73 Å². The average Bonchev–Trinajstić information content (AvgIpc) is 2.91. The lowest BCUT2D eigenvalue weighted by molar-refractivity contribution is 0.200. The van der Waals surface area contributed by atoms with Gasteiger partial charge >= 0.3 is 7.60 Å². The van der Waals surface area contributed by atoms with Crippen LogP contribution in [0, 0.1) is 0 Å². The zero-order valence-corrected chi connectivity index (χ0v) is 13.9. The van der Waals surface area contributed by atoms with Gasteiger partial charge in [-0.15, -0.1) is 0 Å². The summed E-state index contributed by atoms with van der Waals surface area (Å²) >= 11 is 0. The first-order valence-electron chi connectivity index (χ1n) is 7.16. The molecule has 0 aliphatic rings. The number of rotatable bonds is 8. The monoisotopic (exact) mass is 341 g/mol. The third kappa shape index (κ3) is 4.35. The Morgan fingerprint density at radius 3 is 2.70 bits per heavy atom. The van der Waals surface area contributed by atoms with Gasteiger partial charge in [-0.2, -0.15) is 0 Å². The molecule has 0 spiro atoms. The lowest BCUT2D eigenvalue weighted by Gasteiger charge is -2.13. The van der Waals surface area contributed by atoms with Gasteiger partial charge in [0, 0.05) is 5.82 Å². The third-order valence-corrected chi connectivity index (χ3v) is 4.70. The zero-order valence-electron chi connectivity index (χ0n) is 13.0. The molecule has 10 heteroatoms. The fraction of sp³-hybridized carbons (Fsp3) is 0.462. The van der Waals surface area contributed by atoms with Gasteiger partial charge in [0.15, 0.2) is 11.5 Å². The van der Waals surface area contributed by atoms with Crippen molar-refractivity contribution in [1.29, 1.82) is 0 Å². The number of nitrogens with zero attached hydrogens (tertiary/aromatic N) is 4. The molecule has 0 radical (unpaired) electrons. The lowest BCUT2D eigenvalue weighted by atomic mass is 10.3. The van der Waals surface area contributed by atoms with Gasteiger partial charge in [-0.25, -0.2) is 15.0 Å². The Labute approximate surface area is 133 Å². The molecule has 1 unspecified atom stereocenters. The molecule has 0 saturated carbocycles. The fourth-order valence-electron chi connectivity index (χ4n) is 1.98. The van der Waals surface area contributed by atoms with Crippen molar-refractivity contribution in [3.05, 3.63) is 24.5 Å². The van der Waals surface area contributed by atoms with E-state index < -0.39 is 13.7 Å². The van der Waals surface area contributed by atoms with Crippen molar-refractivity contribution in [3.8, 4) is 0 Å². The number of fused-ring (bicyclic) bond motifs is 1. The molecular formula is C13H20N5O4P. The van der Waals surface area contributed by atoms with E-state index in [0.29, 0.717) is 11.2 Å². The van der Waals surface area contributed by atoms with Crippen LogP contribution in [0.25, 0.3) is 11.2 Å². The molecule has 0 bridgehead atoms. The number of nitrogens with two attached hydrogens (primary N) is 1. The number of anilines is 1. The van der Waals surface area contributed by atoms with Crippen molar-refractivity contribution in [2.45, 2.75) is 26.5 Å². The minimum atomic E-state index is -3.33. The number of hydrogen-bond donors (Lipinski definition) is 2. The van der Waals surface area contributed by atoms with Crippen molar-refractivity contribution >= 4 is 24.6 Å². The smallest absolute Gasteiger partial charge is 0.353 e. The van der Waals surface area contributed by atoms with Crippen LogP contribution in [0.4, 0.5) is 5.82 Å². The molecule has 9 nitrogen and oxygen atoms in total. The van der Waals surface area contributed by atoms with Crippen LogP contribution in [-0.2, 0) is 20.2 Å². The molecule has 1 atom stereocenters. The standard InChI is InChI=1S/C13H20N5O4P/c1-3-21-23(20,22-4-2)6-5-10(19)7-18-9-17-11-12(14)15-8-16-13(11)18/h5-6,8-10,19H,3-4,7H2,1-2H3,(H2,14,15,16)/b6-5+. The molecule has 0 aromatic carbocycles. The minimum Gasteiger partial charge on any atom is -0.387 e. The Hall–Kier alpha value is -1.80. The van der Waals surface area contributed by atoms with E-state index in [2.05, 4.69) is 15.0 Å². The highest BCUT2D eigenvalue weighted by atomic mass is 31.2. The summed E-state index contributed by atoms with van der Waals surface area (Å²) in [5.41, 5.74) is 6.70. The van der Waals surface area contributed by atoms with Crippen LogP contribution in [-0.4, -0.2) is 43.9 Å². The van der Waals surface area contributed by atoms with E-state index in [1.807, 2.05) is 0 Å². The summed E-state index contributed by atoms with van der Waals surface area (Å²) in [6, 6.07) is 0. The summed E-state index contributed by atoms with van der Waals surface area (Å²) < 4.78 is 24.2. The molecule has 0 fully saturated rings. The molecule has 0 saturated heterocycles. The molecular weight excluding hydrogens is 321 g/mol. The predicted octanol–water partition coefficient (Wildman–Crippen LogP) is 1.55. The predicted molar refractivity (Wildman–Crippen MR) is 85.7 cm³/mol. The van der Waals surface area contributed by atoms with E-state index in [1.165, 1.54) is 24.5 Å². The second-order valence-electron chi connectivity index (χ2n) is 4.61. The van der Waals surface area contributed by atoms with Crippen LogP contribution >= 0.6 is 7.60 Å². The van der Waals surface area contributed by atoms with Gasteiger partial charge in [0.1, 0.15) is 11.8 Å².